The van der Waals surface area contributed by atoms with Crippen molar-refractivity contribution < 1.29 is 4.74 Å². The fourth-order valence-electron chi connectivity index (χ4n) is 2.17. The predicted molar refractivity (Wildman–Crippen MR) is 71.5 cm³/mol. The van der Waals surface area contributed by atoms with Gasteiger partial charge in [0.25, 0.3) is 0 Å². The van der Waals surface area contributed by atoms with Crippen molar-refractivity contribution >= 4 is 0 Å². The van der Waals surface area contributed by atoms with Crippen LogP contribution in [0, 0.1) is 13.8 Å². The third kappa shape index (κ3) is 2.31. The molecule has 1 aliphatic rings. The summed E-state index contributed by atoms with van der Waals surface area (Å²) >= 11 is 0. The van der Waals surface area contributed by atoms with E-state index in [9.17, 15) is 0 Å². The number of ether oxygens (including phenoxy) is 1. The Labute approximate surface area is 111 Å². The number of morpholine rings is 1. The zero-order valence-corrected chi connectivity index (χ0v) is 11.2. The number of hydrogen-bond acceptors (Lipinski definition) is 5. The lowest BCUT2D eigenvalue weighted by Crippen LogP contribution is -2.45. The van der Waals surface area contributed by atoms with Crippen LogP contribution in [0.3, 0.4) is 0 Å². The van der Waals surface area contributed by atoms with Gasteiger partial charge in [-0.05, 0) is 41.5 Å². The van der Waals surface area contributed by atoms with E-state index in [1.807, 2.05) is 0 Å². The van der Waals surface area contributed by atoms with Gasteiger partial charge in [0.2, 0.25) is 5.82 Å². The molecule has 6 nitrogen and oxygen atoms in total. The first kappa shape index (κ1) is 12.1. The van der Waals surface area contributed by atoms with Gasteiger partial charge in [0.1, 0.15) is 0 Å². The summed E-state index contributed by atoms with van der Waals surface area (Å²) < 4.78 is 5.35. The molecule has 0 saturated carbocycles. The summed E-state index contributed by atoms with van der Waals surface area (Å²) in [7, 11) is 0. The molecule has 2 aromatic rings. The van der Waals surface area contributed by atoms with E-state index in [2.05, 4.69) is 52.6 Å². The highest BCUT2D eigenvalue weighted by molar-refractivity contribution is 5.57. The first-order chi connectivity index (χ1) is 9.25. The van der Waals surface area contributed by atoms with E-state index in [0.717, 1.165) is 24.5 Å². The maximum Gasteiger partial charge on any atom is 0.204 e. The van der Waals surface area contributed by atoms with Crippen molar-refractivity contribution in [2.75, 3.05) is 31.3 Å². The van der Waals surface area contributed by atoms with Gasteiger partial charge in [0, 0.05) is 5.56 Å². The average molecular weight is 259 g/mol. The second-order valence-electron chi connectivity index (χ2n) is 4.76. The fraction of sp³-hybridized carbons (Fsp3) is 0.462. The number of aromatic nitrogens is 4. The van der Waals surface area contributed by atoms with Crippen LogP contribution in [0.5, 0.6) is 0 Å². The normalized spacial score (nSPS) is 15.8. The number of nitrogens with zero attached hydrogens (tertiary/aromatic N) is 5. The van der Waals surface area contributed by atoms with Crippen molar-refractivity contribution in [3.8, 4) is 11.4 Å². The maximum absolute atomic E-state index is 5.35. The summed E-state index contributed by atoms with van der Waals surface area (Å²) in [5, 5.41) is 14.2. The molecule has 0 aliphatic carbocycles. The van der Waals surface area contributed by atoms with Crippen LogP contribution in [-0.2, 0) is 4.74 Å². The Morgan fingerprint density at radius 3 is 2.63 bits per heavy atom. The summed E-state index contributed by atoms with van der Waals surface area (Å²) in [6.45, 7) is 7.25. The maximum atomic E-state index is 5.35. The van der Waals surface area contributed by atoms with Crippen molar-refractivity contribution in [3.05, 3.63) is 29.3 Å². The summed E-state index contributed by atoms with van der Waals surface area (Å²) in [4.78, 5) is 1.78. The van der Waals surface area contributed by atoms with Crippen molar-refractivity contribution in [2.24, 2.45) is 0 Å². The lowest BCUT2D eigenvalue weighted by atomic mass is 10.1. The minimum Gasteiger partial charge on any atom is -0.378 e. The zero-order valence-electron chi connectivity index (χ0n) is 11.2. The largest absolute Gasteiger partial charge is 0.378 e. The summed E-state index contributed by atoms with van der Waals surface area (Å²) in [6.07, 6.45) is 0. The first-order valence-electron chi connectivity index (χ1n) is 6.45. The molecule has 0 atom stereocenters. The van der Waals surface area contributed by atoms with Crippen LogP contribution >= 0.6 is 0 Å². The standard InChI is InChI=1S/C13H17N5O/c1-10-3-4-12(9-11(10)2)13-14-15-16-18(13)17-5-7-19-8-6-17/h3-4,9H,5-8H2,1-2H3. The van der Waals surface area contributed by atoms with Crippen molar-refractivity contribution in [1.82, 2.24) is 20.3 Å². The molecule has 0 radical (unpaired) electrons. The Hall–Kier alpha value is -1.95. The van der Waals surface area contributed by atoms with Crippen LogP contribution in [0.15, 0.2) is 18.2 Å². The molecule has 3 rings (SSSR count). The van der Waals surface area contributed by atoms with Gasteiger partial charge in [0.05, 0.1) is 26.3 Å². The third-order valence-corrected chi connectivity index (χ3v) is 3.47. The SMILES string of the molecule is Cc1ccc(-c2nnnn2N2CCOCC2)cc1C. The average Bonchev–Trinajstić information content (AvgIpc) is 2.92. The van der Waals surface area contributed by atoms with Gasteiger partial charge < -0.3 is 4.74 Å². The Kier molecular flexibility index (Phi) is 3.16. The molecule has 2 heterocycles. The van der Waals surface area contributed by atoms with Crippen LogP contribution in [0.4, 0.5) is 0 Å². The highest BCUT2D eigenvalue weighted by atomic mass is 16.5. The predicted octanol–water partition coefficient (Wildman–Crippen LogP) is 0.925. The van der Waals surface area contributed by atoms with Crippen molar-refractivity contribution in [2.45, 2.75) is 13.8 Å². The van der Waals surface area contributed by atoms with Crippen LogP contribution in [0.1, 0.15) is 11.1 Å². The molecule has 1 aromatic heterocycles. The van der Waals surface area contributed by atoms with Crippen LogP contribution < -0.4 is 5.01 Å². The molecule has 0 unspecified atom stereocenters. The molecule has 0 bridgehead atoms. The third-order valence-electron chi connectivity index (χ3n) is 3.47. The minimum atomic E-state index is 0.715. The molecule has 1 fully saturated rings. The summed E-state index contributed by atoms with van der Waals surface area (Å²) in [5.74, 6) is 0.782. The van der Waals surface area contributed by atoms with E-state index in [0.29, 0.717) is 13.2 Å². The van der Waals surface area contributed by atoms with Gasteiger partial charge in [-0.2, -0.15) is 0 Å². The number of hydrogen-bond donors (Lipinski definition) is 0. The second kappa shape index (κ2) is 4.97. The smallest absolute Gasteiger partial charge is 0.204 e. The molecule has 19 heavy (non-hydrogen) atoms. The number of rotatable bonds is 2. The van der Waals surface area contributed by atoms with Gasteiger partial charge in [-0.1, -0.05) is 12.1 Å². The van der Waals surface area contributed by atoms with Crippen LogP contribution in [0.25, 0.3) is 11.4 Å². The minimum absolute atomic E-state index is 0.715. The number of tetrazole rings is 1. The summed E-state index contributed by atoms with van der Waals surface area (Å²) in [6, 6.07) is 6.28. The Balaban J connectivity index is 1.96. The molecule has 0 amide bonds. The molecular weight excluding hydrogens is 242 g/mol. The Morgan fingerprint density at radius 2 is 1.89 bits per heavy atom. The molecule has 0 spiro atoms. The van der Waals surface area contributed by atoms with Crippen molar-refractivity contribution in [1.29, 1.82) is 0 Å². The highest BCUT2D eigenvalue weighted by Crippen LogP contribution is 2.19. The molecule has 1 aliphatic heterocycles. The Bertz CT molecular complexity index is 574. The van der Waals surface area contributed by atoms with E-state index in [1.165, 1.54) is 11.1 Å². The van der Waals surface area contributed by atoms with Crippen LogP contribution in [0.2, 0.25) is 0 Å². The first-order valence-corrected chi connectivity index (χ1v) is 6.45. The number of benzene rings is 1. The van der Waals surface area contributed by atoms with E-state index in [-0.39, 0.29) is 0 Å². The quantitative estimate of drug-likeness (QED) is 0.803. The summed E-state index contributed by atoms with van der Waals surface area (Å²) in [5.41, 5.74) is 3.56. The molecule has 1 saturated heterocycles. The fourth-order valence-corrected chi connectivity index (χ4v) is 2.17. The molecule has 100 valence electrons. The molecular formula is C13H17N5O. The van der Waals surface area contributed by atoms with Gasteiger partial charge in [-0.15, -0.1) is 9.89 Å². The topological polar surface area (TPSA) is 56.1 Å². The van der Waals surface area contributed by atoms with Crippen molar-refractivity contribution in [3.63, 3.8) is 0 Å². The zero-order chi connectivity index (χ0) is 13.2. The van der Waals surface area contributed by atoms with E-state index in [1.54, 1.807) is 4.79 Å². The van der Waals surface area contributed by atoms with Gasteiger partial charge in [-0.25, -0.2) is 0 Å². The highest BCUT2D eigenvalue weighted by Gasteiger charge is 2.17. The molecule has 1 aromatic carbocycles. The van der Waals surface area contributed by atoms with Crippen LogP contribution in [-0.4, -0.2) is 46.6 Å². The lowest BCUT2D eigenvalue weighted by Gasteiger charge is -2.28. The van der Waals surface area contributed by atoms with Gasteiger partial charge in [-0.3, -0.25) is 5.01 Å². The molecule has 6 heteroatoms. The van der Waals surface area contributed by atoms with E-state index in [4.69, 9.17) is 4.74 Å². The molecule has 0 N–H and O–H groups in total. The number of aryl methyl sites for hydroxylation is 2. The van der Waals surface area contributed by atoms with E-state index < -0.39 is 0 Å². The Morgan fingerprint density at radius 1 is 1.11 bits per heavy atom. The van der Waals surface area contributed by atoms with Gasteiger partial charge >= 0.3 is 0 Å². The van der Waals surface area contributed by atoms with Gasteiger partial charge in [0.15, 0.2) is 0 Å². The lowest BCUT2D eigenvalue weighted by molar-refractivity contribution is 0.109. The monoisotopic (exact) mass is 259 g/mol. The second-order valence-corrected chi connectivity index (χ2v) is 4.76. The van der Waals surface area contributed by atoms with E-state index >= 15 is 0 Å².